The lowest BCUT2D eigenvalue weighted by Gasteiger charge is -2.16. The standard InChI is InChI=1S/C20H15NO3S/c1-12(22)13-6-8-15(9-7-13)21-20(23)18-10-14-11-24-17-5-3-2-4-16(17)19(14)25-18/h2-10H,11H2,1H3,(H,21,23). The first-order valence-corrected chi connectivity index (χ1v) is 8.71. The summed E-state index contributed by atoms with van der Waals surface area (Å²) in [6, 6.07) is 16.6. The molecule has 0 aliphatic carbocycles. The minimum absolute atomic E-state index is 0.00229. The number of benzene rings is 2. The largest absolute Gasteiger partial charge is 0.488 e. The van der Waals surface area contributed by atoms with Crippen LogP contribution >= 0.6 is 11.3 Å². The maximum Gasteiger partial charge on any atom is 0.265 e. The van der Waals surface area contributed by atoms with Crippen molar-refractivity contribution in [3.8, 4) is 16.2 Å². The highest BCUT2D eigenvalue weighted by atomic mass is 32.1. The number of carbonyl (C=O) groups excluding carboxylic acids is 2. The summed E-state index contributed by atoms with van der Waals surface area (Å²) in [7, 11) is 0. The Labute approximate surface area is 149 Å². The van der Waals surface area contributed by atoms with Crippen molar-refractivity contribution in [1.82, 2.24) is 0 Å². The topological polar surface area (TPSA) is 55.4 Å². The number of anilines is 1. The fraction of sp³-hybridized carbons (Fsp3) is 0.100. The van der Waals surface area contributed by atoms with Crippen LogP contribution in [0.4, 0.5) is 5.69 Å². The number of ketones is 1. The quantitative estimate of drug-likeness (QED) is 0.694. The normalized spacial score (nSPS) is 11.9. The van der Waals surface area contributed by atoms with Gasteiger partial charge in [0.25, 0.3) is 5.91 Å². The van der Waals surface area contributed by atoms with E-state index >= 15 is 0 Å². The van der Waals surface area contributed by atoms with Crippen LogP contribution in [-0.2, 0) is 6.61 Å². The Kier molecular flexibility index (Phi) is 3.86. The van der Waals surface area contributed by atoms with Gasteiger partial charge in [-0.25, -0.2) is 0 Å². The fourth-order valence-corrected chi connectivity index (χ4v) is 3.88. The van der Waals surface area contributed by atoms with E-state index in [1.807, 2.05) is 30.3 Å². The highest BCUT2D eigenvalue weighted by molar-refractivity contribution is 7.17. The van der Waals surface area contributed by atoms with Gasteiger partial charge in [-0.15, -0.1) is 11.3 Å². The maximum atomic E-state index is 12.6. The van der Waals surface area contributed by atoms with Gasteiger partial charge in [0.15, 0.2) is 5.78 Å². The van der Waals surface area contributed by atoms with Crippen LogP contribution < -0.4 is 10.1 Å². The smallest absolute Gasteiger partial charge is 0.265 e. The zero-order valence-electron chi connectivity index (χ0n) is 13.5. The summed E-state index contributed by atoms with van der Waals surface area (Å²) in [5, 5.41) is 2.88. The molecule has 4 rings (SSSR count). The van der Waals surface area contributed by atoms with Crippen LogP contribution in [0.1, 0.15) is 32.5 Å². The molecule has 0 unspecified atom stereocenters. The number of thiophene rings is 1. The molecule has 124 valence electrons. The first-order chi connectivity index (χ1) is 12.1. The summed E-state index contributed by atoms with van der Waals surface area (Å²) in [4.78, 5) is 25.6. The Morgan fingerprint density at radius 1 is 1.08 bits per heavy atom. The van der Waals surface area contributed by atoms with Crippen LogP contribution in [0.3, 0.4) is 0 Å². The molecule has 0 saturated heterocycles. The molecule has 1 aliphatic rings. The number of carbonyl (C=O) groups is 2. The van der Waals surface area contributed by atoms with Crippen LogP contribution in [0.2, 0.25) is 0 Å². The van der Waals surface area contributed by atoms with Crippen molar-refractivity contribution in [3.05, 3.63) is 70.6 Å². The Hall–Kier alpha value is -2.92. The van der Waals surface area contributed by atoms with Crippen molar-refractivity contribution in [2.24, 2.45) is 0 Å². The summed E-state index contributed by atoms with van der Waals surface area (Å²) in [6.45, 7) is 1.99. The van der Waals surface area contributed by atoms with Gasteiger partial charge in [-0.1, -0.05) is 12.1 Å². The predicted octanol–water partition coefficient (Wildman–Crippen LogP) is 4.76. The van der Waals surface area contributed by atoms with Gasteiger partial charge < -0.3 is 10.1 Å². The first kappa shape index (κ1) is 15.6. The van der Waals surface area contributed by atoms with Crippen molar-refractivity contribution in [3.63, 3.8) is 0 Å². The molecule has 1 amide bonds. The SMILES string of the molecule is CC(=O)c1ccc(NC(=O)c2cc3c(s2)-c2ccccc2OC3)cc1. The van der Waals surface area contributed by atoms with Crippen LogP contribution in [0.15, 0.2) is 54.6 Å². The van der Waals surface area contributed by atoms with Gasteiger partial charge in [0.2, 0.25) is 0 Å². The van der Waals surface area contributed by atoms with Gasteiger partial charge in [0, 0.05) is 27.3 Å². The third kappa shape index (κ3) is 2.94. The number of amides is 1. The minimum atomic E-state index is -0.160. The van der Waals surface area contributed by atoms with E-state index in [-0.39, 0.29) is 11.7 Å². The summed E-state index contributed by atoms with van der Waals surface area (Å²) < 4.78 is 5.74. The number of rotatable bonds is 3. The number of ether oxygens (including phenoxy) is 1. The van der Waals surface area contributed by atoms with Gasteiger partial charge in [-0.3, -0.25) is 9.59 Å². The number of hydrogen-bond acceptors (Lipinski definition) is 4. The zero-order chi connectivity index (χ0) is 17.4. The van der Waals surface area contributed by atoms with Crippen LogP contribution in [0.5, 0.6) is 5.75 Å². The molecule has 25 heavy (non-hydrogen) atoms. The average molecular weight is 349 g/mol. The van der Waals surface area contributed by atoms with Gasteiger partial charge in [0.1, 0.15) is 12.4 Å². The van der Waals surface area contributed by atoms with Crippen molar-refractivity contribution in [1.29, 1.82) is 0 Å². The van der Waals surface area contributed by atoms with Gasteiger partial charge in [-0.2, -0.15) is 0 Å². The molecule has 1 aromatic heterocycles. The van der Waals surface area contributed by atoms with Gasteiger partial charge in [-0.05, 0) is 49.4 Å². The molecule has 5 heteroatoms. The minimum Gasteiger partial charge on any atom is -0.488 e. The van der Waals surface area contributed by atoms with Gasteiger partial charge in [0.05, 0.1) is 4.88 Å². The van der Waals surface area contributed by atoms with Crippen molar-refractivity contribution >= 4 is 28.7 Å². The van der Waals surface area contributed by atoms with E-state index in [0.29, 0.717) is 22.7 Å². The summed E-state index contributed by atoms with van der Waals surface area (Å²) in [5.74, 6) is 0.693. The molecular weight excluding hydrogens is 334 g/mol. The molecule has 3 aromatic rings. The van der Waals surface area contributed by atoms with E-state index < -0.39 is 0 Å². The first-order valence-electron chi connectivity index (χ1n) is 7.89. The lowest BCUT2D eigenvalue weighted by molar-refractivity contribution is 0.101. The second-order valence-corrected chi connectivity index (χ2v) is 6.89. The molecule has 0 radical (unpaired) electrons. The number of hydrogen-bond donors (Lipinski definition) is 1. The predicted molar refractivity (Wildman–Crippen MR) is 98.5 cm³/mol. The Morgan fingerprint density at radius 3 is 2.60 bits per heavy atom. The molecule has 2 aromatic carbocycles. The molecule has 1 N–H and O–H groups in total. The van der Waals surface area contributed by atoms with E-state index in [9.17, 15) is 9.59 Å². The molecule has 2 heterocycles. The van der Waals surface area contributed by atoms with E-state index in [0.717, 1.165) is 21.8 Å². The zero-order valence-corrected chi connectivity index (χ0v) is 14.4. The fourth-order valence-electron chi connectivity index (χ4n) is 2.79. The molecule has 0 spiro atoms. The lowest BCUT2D eigenvalue weighted by atomic mass is 10.1. The highest BCUT2D eigenvalue weighted by Gasteiger charge is 2.22. The third-order valence-electron chi connectivity index (χ3n) is 4.10. The molecule has 4 nitrogen and oxygen atoms in total. The Balaban J connectivity index is 1.58. The van der Waals surface area contributed by atoms with Crippen molar-refractivity contribution in [2.75, 3.05) is 5.32 Å². The van der Waals surface area contributed by atoms with Crippen LogP contribution in [-0.4, -0.2) is 11.7 Å². The molecular formula is C20H15NO3S. The molecule has 0 fully saturated rings. The Morgan fingerprint density at radius 2 is 1.84 bits per heavy atom. The number of nitrogens with one attached hydrogen (secondary N) is 1. The average Bonchev–Trinajstić information content (AvgIpc) is 3.07. The summed E-state index contributed by atoms with van der Waals surface area (Å²) in [6.07, 6.45) is 0. The lowest BCUT2D eigenvalue weighted by Crippen LogP contribution is -2.10. The summed E-state index contributed by atoms with van der Waals surface area (Å²) in [5.41, 5.74) is 3.34. The number of fused-ring (bicyclic) bond motifs is 3. The van der Waals surface area contributed by atoms with E-state index in [2.05, 4.69) is 5.32 Å². The van der Waals surface area contributed by atoms with E-state index in [1.54, 1.807) is 24.3 Å². The van der Waals surface area contributed by atoms with Crippen LogP contribution in [0, 0.1) is 0 Å². The second kappa shape index (κ2) is 6.18. The van der Waals surface area contributed by atoms with E-state index in [1.165, 1.54) is 18.3 Å². The maximum absolute atomic E-state index is 12.6. The molecule has 0 saturated carbocycles. The van der Waals surface area contributed by atoms with E-state index in [4.69, 9.17) is 4.74 Å². The molecule has 0 atom stereocenters. The van der Waals surface area contributed by atoms with Gasteiger partial charge >= 0.3 is 0 Å². The molecule has 1 aliphatic heterocycles. The Bertz CT molecular complexity index is 973. The molecule has 0 bridgehead atoms. The third-order valence-corrected chi connectivity index (χ3v) is 5.31. The second-order valence-electron chi connectivity index (χ2n) is 5.84. The summed E-state index contributed by atoms with van der Waals surface area (Å²) >= 11 is 1.47. The highest BCUT2D eigenvalue weighted by Crippen LogP contribution is 2.42. The monoisotopic (exact) mass is 349 g/mol. The van der Waals surface area contributed by atoms with Crippen molar-refractivity contribution in [2.45, 2.75) is 13.5 Å². The van der Waals surface area contributed by atoms with Crippen LogP contribution in [0.25, 0.3) is 10.4 Å². The number of Topliss-reactive ketones (excluding diaryl/α,β-unsaturated/α-hetero) is 1. The number of para-hydroxylation sites is 1. The van der Waals surface area contributed by atoms with Crippen molar-refractivity contribution < 1.29 is 14.3 Å².